The molecule has 1 aliphatic rings. The fraction of sp³-hybridized carbons (Fsp3) is 0.235. The highest BCUT2D eigenvalue weighted by atomic mass is 32.2. The van der Waals surface area contributed by atoms with Gasteiger partial charge in [-0.2, -0.15) is 0 Å². The summed E-state index contributed by atoms with van der Waals surface area (Å²) in [7, 11) is -3.79. The van der Waals surface area contributed by atoms with Gasteiger partial charge in [0.2, 0.25) is 10.0 Å². The first-order valence-electron chi connectivity index (χ1n) is 7.99. The zero-order chi connectivity index (χ0) is 18.7. The van der Waals surface area contributed by atoms with Crippen LogP contribution in [0.15, 0.2) is 53.6 Å². The summed E-state index contributed by atoms with van der Waals surface area (Å²) in [6.45, 7) is 1.62. The Morgan fingerprint density at radius 3 is 1.96 bits per heavy atom. The molecule has 2 aromatic rings. The number of pyridine rings is 1. The molecule has 2 N–H and O–H groups in total. The van der Waals surface area contributed by atoms with E-state index in [0.29, 0.717) is 37.4 Å². The molecule has 136 valence electrons. The molecule has 8 nitrogen and oxygen atoms in total. The molecular formula is C17H18N4O4S. The number of carbonyl (C=O) groups excluding carboxylic acids is 2. The number of benzene rings is 1. The number of sulfonamides is 1. The summed E-state index contributed by atoms with van der Waals surface area (Å²) in [6.07, 6.45) is 1.57. The van der Waals surface area contributed by atoms with Gasteiger partial charge in [-0.15, -0.1) is 0 Å². The van der Waals surface area contributed by atoms with Crippen molar-refractivity contribution in [2.45, 2.75) is 4.90 Å². The second-order valence-corrected chi connectivity index (χ2v) is 7.43. The standard InChI is InChI=1S/C17H18N4O4S/c18-26(24,25)14-6-4-13(5-7-14)16(22)20-9-11-21(12-10-20)17(23)15-3-1-2-8-19-15/h1-8H,9-12H2,(H2,18,24,25). The van der Waals surface area contributed by atoms with Crippen LogP contribution in [0, 0.1) is 0 Å². The van der Waals surface area contributed by atoms with Crippen molar-refractivity contribution in [1.29, 1.82) is 0 Å². The Morgan fingerprint density at radius 2 is 1.46 bits per heavy atom. The molecule has 26 heavy (non-hydrogen) atoms. The predicted octanol–water partition coefficient (Wildman–Crippen LogP) is 0.327. The third kappa shape index (κ3) is 3.89. The van der Waals surface area contributed by atoms with Crippen molar-refractivity contribution in [3.8, 4) is 0 Å². The summed E-state index contributed by atoms with van der Waals surface area (Å²) in [5, 5.41) is 5.05. The summed E-state index contributed by atoms with van der Waals surface area (Å²) < 4.78 is 22.5. The molecule has 0 saturated carbocycles. The van der Waals surface area contributed by atoms with Crippen LogP contribution in [0.3, 0.4) is 0 Å². The first-order valence-corrected chi connectivity index (χ1v) is 9.53. The third-order valence-corrected chi connectivity index (χ3v) is 5.10. The number of amides is 2. The Labute approximate surface area is 151 Å². The quantitative estimate of drug-likeness (QED) is 0.831. The summed E-state index contributed by atoms with van der Waals surface area (Å²) in [5.41, 5.74) is 0.757. The highest BCUT2D eigenvalue weighted by Gasteiger charge is 2.26. The van der Waals surface area contributed by atoms with Gasteiger partial charge in [0.1, 0.15) is 5.69 Å². The van der Waals surface area contributed by atoms with E-state index in [2.05, 4.69) is 4.98 Å². The van der Waals surface area contributed by atoms with E-state index in [4.69, 9.17) is 5.14 Å². The highest BCUT2D eigenvalue weighted by Crippen LogP contribution is 2.13. The van der Waals surface area contributed by atoms with Crippen LogP contribution in [0.2, 0.25) is 0 Å². The van der Waals surface area contributed by atoms with E-state index in [9.17, 15) is 18.0 Å². The number of nitrogens with zero attached hydrogens (tertiary/aromatic N) is 3. The Kier molecular flexibility index (Phi) is 5.01. The largest absolute Gasteiger partial charge is 0.335 e. The maximum Gasteiger partial charge on any atom is 0.272 e. The fourth-order valence-electron chi connectivity index (χ4n) is 2.73. The Morgan fingerprint density at radius 1 is 0.885 bits per heavy atom. The van der Waals surface area contributed by atoms with Crippen molar-refractivity contribution in [2.75, 3.05) is 26.2 Å². The maximum atomic E-state index is 12.5. The van der Waals surface area contributed by atoms with E-state index in [1.165, 1.54) is 24.3 Å². The molecule has 9 heteroatoms. The van der Waals surface area contributed by atoms with Crippen LogP contribution in [0.5, 0.6) is 0 Å². The lowest BCUT2D eigenvalue weighted by Gasteiger charge is -2.34. The zero-order valence-corrected chi connectivity index (χ0v) is 14.7. The van der Waals surface area contributed by atoms with Gasteiger partial charge in [0.25, 0.3) is 11.8 Å². The molecule has 0 aliphatic carbocycles. The summed E-state index contributed by atoms with van der Waals surface area (Å²) in [4.78, 5) is 32.2. The van der Waals surface area contributed by atoms with Crippen LogP contribution in [0.1, 0.15) is 20.8 Å². The molecule has 2 heterocycles. The molecule has 1 saturated heterocycles. The van der Waals surface area contributed by atoms with E-state index in [1.807, 2.05) is 0 Å². The molecule has 0 bridgehead atoms. The minimum absolute atomic E-state index is 0.0418. The molecule has 3 rings (SSSR count). The number of primary sulfonamides is 1. The number of hydrogen-bond donors (Lipinski definition) is 1. The second kappa shape index (κ2) is 7.22. The van der Waals surface area contributed by atoms with Crippen molar-refractivity contribution in [3.05, 3.63) is 59.9 Å². The molecule has 0 spiro atoms. The van der Waals surface area contributed by atoms with Crippen LogP contribution in [0.25, 0.3) is 0 Å². The van der Waals surface area contributed by atoms with Crippen molar-refractivity contribution in [3.63, 3.8) is 0 Å². The minimum atomic E-state index is -3.79. The van der Waals surface area contributed by atoms with Gasteiger partial charge in [-0.05, 0) is 36.4 Å². The molecule has 0 radical (unpaired) electrons. The van der Waals surface area contributed by atoms with Crippen LogP contribution >= 0.6 is 0 Å². The summed E-state index contributed by atoms with van der Waals surface area (Å²) in [5.74, 6) is -0.369. The predicted molar refractivity (Wildman–Crippen MR) is 93.9 cm³/mol. The van der Waals surface area contributed by atoms with Gasteiger partial charge in [0.05, 0.1) is 4.90 Å². The van der Waals surface area contributed by atoms with Gasteiger partial charge >= 0.3 is 0 Å². The van der Waals surface area contributed by atoms with Crippen LogP contribution < -0.4 is 5.14 Å². The topological polar surface area (TPSA) is 114 Å². The number of hydrogen-bond acceptors (Lipinski definition) is 5. The molecule has 1 aliphatic heterocycles. The normalized spacial score (nSPS) is 15.0. The molecule has 1 aromatic heterocycles. The SMILES string of the molecule is NS(=O)(=O)c1ccc(C(=O)N2CCN(C(=O)c3ccccn3)CC2)cc1. The minimum Gasteiger partial charge on any atom is -0.335 e. The molecule has 1 aromatic carbocycles. The number of piperazine rings is 1. The lowest BCUT2D eigenvalue weighted by Crippen LogP contribution is -2.50. The molecule has 0 unspecified atom stereocenters. The van der Waals surface area contributed by atoms with E-state index in [-0.39, 0.29) is 16.7 Å². The summed E-state index contributed by atoms with van der Waals surface area (Å²) >= 11 is 0. The smallest absolute Gasteiger partial charge is 0.272 e. The monoisotopic (exact) mass is 374 g/mol. The van der Waals surface area contributed by atoms with E-state index in [1.54, 1.807) is 34.2 Å². The molecular weight excluding hydrogens is 356 g/mol. The van der Waals surface area contributed by atoms with Gasteiger partial charge in [-0.1, -0.05) is 6.07 Å². The van der Waals surface area contributed by atoms with Gasteiger partial charge in [0, 0.05) is 37.9 Å². The Balaban J connectivity index is 1.63. The number of carbonyl (C=O) groups is 2. The molecule has 1 fully saturated rings. The van der Waals surface area contributed by atoms with E-state index >= 15 is 0 Å². The molecule has 2 amide bonds. The zero-order valence-electron chi connectivity index (χ0n) is 13.9. The van der Waals surface area contributed by atoms with E-state index < -0.39 is 10.0 Å². The van der Waals surface area contributed by atoms with Crippen LogP contribution in [-0.4, -0.2) is 61.2 Å². The number of aromatic nitrogens is 1. The second-order valence-electron chi connectivity index (χ2n) is 5.87. The van der Waals surface area contributed by atoms with Crippen LogP contribution in [-0.2, 0) is 10.0 Å². The first-order chi connectivity index (χ1) is 12.4. The van der Waals surface area contributed by atoms with Crippen molar-refractivity contribution in [2.24, 2.45) is 5.14 Å². The van der Waals surface area contributed by atoms with Crippen LogP contribution in [0.4, 0.5) is 0 Å². The van der Waals surface area contributed by atoms with Gasteiger partial charge in [-0.25, -0.2) is 13.6 Å². The number of rotatable bonds is 3. The van der Waals surface area contributed by atoms with Crippen molar-refractivity contribution in [1.82, 2.24) is 14.8 Å². The van der Waals surface area contributed by atoms with Gasteiger partial charge < -0.3 is 9.80 Å². The van der Waals surface area contributed by atoms with Gasteiger partial charge in [0.15, 0.2) is 0 Å². The fourth-order valence-corrected chi connectivity index (χ4v) is 3.25. The Hall–Kier alpha value is -2.78. The van der Waals surface area contributed by atoms with Crippen molar-refractivity contribution < 1.29 is 18.0 Å². The van der Waals surface area contributed by atoms with Gasteiger partial charge in [-0.3, -0.25) is 14.6 Å². The highest BCUT2D eigenvalue weighted by molar-refractivity contribution is 7.89. The average Bonchev–Trinajstić information content (AvgIpc) is 2.67. The number of nitrogens with two attached hydrogens (primary N) is 1. The lowest BCUT2D eigenvalue weighted by atomic mass is 10.1. The maximum absolute atomic E-state index is 12.5. The Bertz CT molecular complexity index is 906. The summed E-state index contributed by atoms with van der Waals surface area (Å²) in [6, 6.07) is 10.7. The van der Waals surface area contributed by atoms with Crippen molar-refractivity contribution >= 4 is 21.8 Å². The molecule has 0 atom stereocenters. The third-order valence-electron chi connectivity index (χ3n) is 4.17. The first kappa shape index (κ1) is 18.0. The van der Waals surface area contributed by atoms with E-state index in [0.717, 1.165) is 0 Å². The average molecular weight is 374 g/mol. The lowest BCUT2D eigenvalue weighted by molar-refractivity contribution is 0.0532.